The number of hydrogen-bond donors (Lipinski definition) is 0. The number of fused-ring (bicyclic) bond motifs is 3. The van der Waals surface area contributed by atoms with E-state index in [-0.39, 0.29) is 0 Å². The molecule has 0 aliphatic rings. The van der Waals surface area contributed by atoms with Crippen molar-refractivity contribution in [2.24, 2.45) is 0 Å². The number of nitrogens with zero attached hydrogens (tertiary/aromatic N) is 2. The molecule has 0 saturated carbocycles. The lowest BCUT2D eigenvalue weighted by Gasteiger charge is -1.99. The van der Waals surface area contributed by atoms with Gasteiger partial charge in [-0.15, -0.1) is 0 Å². The fourth-order valence-corrected chi connectivity index (χ4v) is 1.92. The average Bonchev–Trinajstić information content (AvgIpc) is 2.65. The molecular formula is C13H12N2O. The lowest BCUT2D eigenvalue weighted by atomic mass is 10.3. The number of rotatable bonds is 1. The van der Waals surface area contributed by atoms with E-state index >= 15 is 0 Å². The van der Waals surface area contributed by atoms with E-state index in [0.717, 1.165) is 22.4 Å². The van der Waals surface area contributed by atoms with Crippen molar-refractivity contribution in [3.63, 3.8) is 0 Å². The van der Waals surface area contributed by atoms with Crippen molar-refractivity contribution in [3.8, 4) is 5.75 Å². The van der Waals surface area contributed by atoms with Crippen LogP contribution in [0.25, 0.3) is 16.7 Å². The molecule has 0 aliphatic carbocycles. The Bertz CT molecular complexity index is 670. The van der Waals surface area contributed by atoms with Crippen molar-refractivity contribution in [1.29, 1.82) is 0 Å². The van der Waals surface area contributed by atoms with Gasteiger partial charge in [-0.05, 0) is 36.8 Å². The van der Waals surface area contributed by atoms with Crippen LogP contribution < -0.4 is 4.74 Å². The topological polar surface area (TPSA) is 26.5 Å². The van der Waals surface area contributed by atoms with Gasteiger partial charge in [-0.1, -0.05) is 0 Å². The minimum absolute atomic E-state index is 0.856. The molecule has 0 radical (unpaired) electrons. The van der Waals surface area contributed by atoms with Crippen molar-refractivity contribution in [1.82, 2.24) is 9.38 Å². The van der Waals surface area contributed by atoms with Gasteiger partial charge < -0.3 is 4.74 Å². The molecule has 16 heavy (non-hydrogen) atoms. The Morgan fingerprint density at radius 3 is 2.88 bits per heavy atom. The highest BCUT2D eigenvalue weighted by molar-refractivity contribution is 5.81. The van der Waals surface area contributed by atoms with Crippen LogP contribution >= 0.6 is 0 Å². The number of ether oxygens (including phenoxy) is 1. The van der Waals surface area contributed by atoms with Gasteiger partial charge in [0.05, 0.1) is 18.1 Å². The van der Waals surface area contributed by atoms with E-state index in [4.69, 9.17) is 4.74 Å². The van der Waals surface area contributed by atoms with Gasteiger partial charge in [0.25, 0.3) is 0 Å². The Hall–Kier alpha value is -2.03. The van der Waals surface area contributed by atoms with Gasteiger partial charge in [0.15, 0.2) is 0 Å². The first-order chi connectivity index (χ1) is 7.78. The zero-order chi connectivity index (χ0) is 11.1. The number of methoxy groups -OCH3 is 1. The molecule has 0 amide bonds. The first-order valence-corrected chi connectivity index (χ1v) is 5.20. The predicted octanol–water partition coefficient (Wildman–Crippen LogP) is 2.80. The van der Waals surface area contributed by atoms with Crippen molar-refractivity contribution in [3.05, 3.63) is 42.1 Å². The zero-order valence-corrected chi connectivity index (χ0v) is 9.27. The highest BCUT2D eigenvalue weighted by atomic mass is 16.5. The largest absolute Gasteiger partial charge is 0.497 e. The summed E-state index contributed by atoms with van der Waals surface area (Å²) >= 11 is 0. The van der Waals surface area contributed by atoms with Crippen molar-refractivity contribution < 1.29 is 4.74 Å². The van der Waals surface area contributed by atoms with Crippen LogP contribution in [-0.2, 0) is 0 Å². The SMILES string of the molecule is COc1ccc2nc3cc(C)ccn3c2c1. The Balaban J connectivity index is 2.42. The first-order valence-electron chi connectivity index (χ1n) is 5.20. The number of pyridine rings is 1. The van der Waals surface area contributed by atoms with Gasteiger partial charge in [0.2, 0.25) is 0 Å². The fraction of sp³-hybridized carbons (Fsp3) is 0.154. The summed E-state index contributed by atoms with van der Waals surface area (Å²) in [6.07, 6.45) is 2.04. The second-order valence-electron chi connectivity index (χ2n) is 3.90. The minimum Gasteiger partial charge on any atom is -0.497 e. The van der Waals surface area contributed by atoms with Crippen LogP contribution in [0.3, 0.4) is 0 Å². The zero-order valence-electron chi connectivity index (χ0n) is 9.27. The summed E-state index contributed by atoms with van der Waals surface area (Å²) in [5.74, 6) is 0.856. The monoisotopic (exact) mass is 212 g/mol. The second-order valence-corrected chi connectivity index (χ2v) is 3.90. The summed E-state index contributed by atoms with van der Waals surface area (Å²) in [6, 6.07) is 10.1. The van der Waals surface area contributed by atoms with Gasteiger partial charge in [-0.3, -0.25) is 4.40 Å². The van der Waals surface area contributed by atoms with Crippen LogP contribution in [0.1, 0.15) is 5.56 Å². The lowest BCUT2D eigenvalue weighted by molar-refractivity contribution is 0.415. The molecule has 3 aromatic rings. The molecule has 0 fully saturated rings. The summed E-state index contributed by atoms with van der Waals surface area (Å²) in [6.45, 7) is 2.07. The van der Waals surface area contributed by atoms with Gasteiger partial charge in [-0.2, -0.15) is 0 Å². The molecule has 1 aromatic carbocycles. The quantitative estimate of drug-likeness (QED) is 0.620. The van der Waals surface area contributed by atoms with Crippen LogP contribution in [0, 0.1) is 6.92 Å². The summed E-state index contributed by atoms with van der Waals surface area (Å²) in [5, 5.41) is 0. The van der Waals surface area contributed by atoms with E-state index in [1.807, 2.05) is 24.4 Å². The van der Waals surface area contributed by atoms with E-state index in [1.54, 1.807) is 7.11 Å². The highest BCUT2D eigenvalue weighted by Gasteiger charge is 2.05. The number of aryl methyl sites for hydroxylation is 1. The normalized spacial score (nSPS) is 11.1. The summed E-state index contributed by atoms with van der Waals surface area (Å²) in [4.78, 5) is 4.56. The van der Waals surface area contributed by atoms with E-state index < -0.39 is 0 Å². The number of aromatic nitrogens is 2. The maximum atomic E-state index is 5.22. The van der Waals surface area contributed by atoms with Crippen molar-refractivity contribution in [2.75, 3.05) is 7.11 Å². The third-order valence-electron chi connectivity index (χ3n) is 2.77. The van der Waals surface area contributed by atoms with Gasteiger partial charge in [-0.25, -0.2) is 4.98 Å². The van der Waals surface area contributed by atoms with E-state index in [2.05, 4.69) is 28.4 Å². The molecule has 2 heterocycles. The molecule has 0 aliphatic heterocycles. The Kier molecular flexibility index (Phi) is 1.86. The van der Waals surface area contributed by atoms with E-state index in [0.29, 0.717) is 0 Å². The molecule has 3 rings (SSSR count). The Morgan fingerprint density at radius 2 is 2.06 bits per heavy atom. The number of imidazole rings is 1. The fourth-order valence-electron chi connectivity index (χ4n) is 1.92. The minimum atomic E-state index is 0.856. The van der Waals surface area contributed by atoms with Crippen molar-refractivity contribution in [2.45, 2.75) is 6.92 Å². The Morgan fingerprint density at radius 1 is 1.19 bits per heavy atom. The van der Waals surface area contributed by atoms with Crippen LogP contribution in [0.4, 0.5) is 0 Å². The predicted molar refractivity (Wildman–Crippen MR) is 64.0 cm³/mol. The maximum absolute atomic E-state index is 5.22. The average molecular weight is 212 g/mol. The molecule has 0 N–H and O–H groups in total. The van der Waals surface area contributed by atoms with Crippen LogP contribution in [0.2, 0.25) is 0 Å². The summed E-state index contributed by atoms with van der Waals surface area (Å²) in [7, 11) is 1.68. The van der Waals surface area contributed by atoms with Gasteiger partial charge in [0, 0.05) is 12.3 Å². The molecule has 3 nitrogen and oxygen atoms in total. The molecule has 3 heteroatoms. The van der Waals surface area contributed by atoms with Crippen LogP contribution in [0.5, 0.6) is 5.75 Å². The van der Waals surface area contributed by atoms with Crippen LogP contribution in [0.15, 0.2) is 36.5 Å². The summed E-state index contributed by atoms with van der Waals surface area (Å²) in [5.41, 5.74) is 4.26. The molecule has 0 bridgehead atoms. The van der Waals surface area contributed by atoms with E-state index in [9.17, 15) is 0 Å². The van der Waals surface area contributed by atoms with Crippen molar-refractivity contribution >= 4 is 16.7 Å². The van der Waals surface area contributed by atoms with Gasteiger partial charge >= 0.3 is 0 Å². The molecule has 80 valence electrons. The van der Waals surface area contributed by atoms with E-state index in [1.165, 1.54) is 5.56 Å². The molecule has 0 saturated heterocycles. The van der Waals surface area contributed by atoms with Crippen LogP contribution in [-0.4, -0.2) is 16.5 Å². The standard InChI is InChI=1S/C13H12N2O/c1-9-5-6-15-12-8-10(16-2)3-4-11(12)14-13(15)7-9/h3-8H,1-2H3. The lowest BCUT2D eigenvalue weighted by Crippen LogP contribution is -1.86. The number of hydrogen-bond acceptors (Lipinski definition) is 2. The smallest absolute Gasteiger partial charge is 0.138 e. The number of benzene rings is 1. The molecular weight excluding hydrogens is 200 g/mol. The molecule has 0 spiro atoms. The molecule has 2 aromatic heterocycles. The Labute approximate surface area is 93.3 Å². The molecule has 0 unspecified atom stereocenters. The van der Waals surface area contributed by atoms with Gasteiger partial charge in [0.1, 0.15) is 11.4 Å². The highest BCUT2D eigenvalue weighted by Crippen LogP contribution is 2.22. The third kappa shape index (κ3) is 1.25. The maximum Gasteiger partial charge on any atom is 0.138 e. The second kappa shape index (κ2) is 3.23. The molecule has 0 atom stereocenters. The summed E-state index contributed by atoms with van der Waals surface area (Å²) < 4.78 is 7.30. The third-order valence-corrected chi connectivity index (χ3v) is 2.77. The first kappa shape index (κ1) is 9.21.